The van der Waals surface area contributed by atoms with E-state index in [0.29, 0.717) is 0 Å². The Morgan fingerprint density at radius 2 is 1.25 bits per heavy atom. The maximum Gasteiger partial charge on any atom is -0.0106 e. The minimum absolute atomic E-state index is 0.750. The molecule has 2 nitrogen and oxygen atoms in total. The van der Waals surface area contributed by atoms with Gasteiger partial charge in [-0.2, -0.15) is 0 Å². The van der Waals surface area contributed by atoms with Crippen molar-refractivity contribution in [3.05, 3.63) is 6.42 Å². The van der Waals surface area contributed by atoms with Crippen LogP contribution >= 0.6 is 0 Å². The van der Waals surface area contributed by atoms with Crippen LogP contribution in [0, 0.1) is 6.42 Å². The van der Waals surface area contributed by atoms with Crippen LogP contribution in [0.15, 0.2) is 0 Å². The van der Waals surface area contributed by atoms with Crippen LogP contribution in [0.1, 0.15) is 46.0 Å². The molecule has 0 amide bonds. The molecule has 12 heavy (non-hydrogen) atoms. The quantitative estimate of drug-likeness (QED) is 0.589. The maximum absolute atomic E-state index is 4.85. The predicted octanol–water partition coefficient (Wildman–Crippen LogP) is 2.08. The lowest BCUT2D eigenvalue weighted by Gasteiger charge is -2.05. The molecule has 0 saturated heterocycles. The summed E-state index contributed by atoms with van der Waals surface area (Å²) in [5, 5.41) is 0. The molecule has 0 heterocycles. The van der Waals surface area contributed by atoms with E-state index in [9.17, 15) is 0 Å². The van der Waals surface area contributed by atoms with Crippen molar-refractivity contribution in [2.75, 3.05) is 13.1 Å². The van der Waals surface area contributed by atoms with Crippen molar-refractivity contribution in [3.8, 4) is 0 Å². The van der Waals surface area contributed by atoms with Crippen molar-refractivity contribution in [2.45, 2.75) is 46.0 Å². The zero-order chi connectivity index (χ0) is 9.66. The topological polar surface area (TPSA) is 52.0 Å². The average Bonchev–Trinajstić information content (AvgIpc) is 2.10. The highest BCUT2D eigenvalue weighted by atomic mass is 14.5. The first-order valence-electron chi connectivity index (χ1n) is 5.05. The SMILES string of the molecule is CCN.CCN.[CH]1CCCCC1. The standard InChI is InChI=1S/C6H11.2C2H7N/c1-2-4-6-5-3-1;2*1-2-3/h1H,2-6H2;2*2-3H2,1H3. The van der Waals surface area contributed by atoms with Gasteiger partial charge in [-0.3, -0.25) is 0 Å². The molecule has 1 fully saturated rings. The Morgan fingerprint density at radius 1 is 0.917 bits per heavy atom. The summed E-state index contributed by atoms with van der Waals surface area (Å²) in [4.78, 5) is 0. The van der Waals surface area contributed by atoms with E-state index in [1.165, 1.54) is 32.1 Å². The van der Waals surface area contributed by atoms with Gasteiger partial charge in [0.2, 0.25) is 0 Å². The molecule has 0 atom stereocenters. The van der Waals surface area contributed by atoms with Crippen LogP contribution in [0.5, 0.6) is 0 Å². The van der Waals surface area contributed by atoms with Crippen molar-refractivity contribution in [1.82, 2.24) is 0 Å². The lowest BCUT2D eigenvalue weighted by molar-refractivity contribution is 0.593. The van der Waals surface area contributed by atoms with Gasteiger partial charge in [0, 0.05) is 0 Å². The Hall–Kier alpha value is -0.0800. The first-order chi connectivity index (χ1) is 5.83. The maximum atomic E-state index is 4.85. The summed E-state index contributed by atoms with van der Waals surface area (Å²) >= 11 is 0. The summed E-state index contributed by atoms with van der Waals surface area (Å²) < 4.78 is 0. The van der Waals surface area contributed by atoms with Crippen molar-refractivity contribution in [1.29, 1.82) is 0 Å². The first kappa shape index (κ1) is 14.4. The third-order valence-corrected chi connectivity index (χ3v) is 1.32. The largest absolute Gasteiger partial charge is 0.331 e. The number of hydrogen-bond donors (Lipinski definition) is 2. The molecule has 75 valence electrons. The lowest BCUT2D eigenvalue weighted by atomic mass is 10.0. The van der Waals surface area contributed by atoms with Crippen molar-refractivity contribution in [2.24, 2.45) is 11.5 Å². The van der Waals surface area contributed by atoms with Gasteiger partial charge in [-0.25, -0.2) is 0 Å². The van der Waals surface area contributed by atoms with Gasteiger partial charge in [-0.05, 0) is 19.5 Å². The van der Waals surface area contributed by atoms with Gasteiger partial charge in [0.05, 0.1) is 0 Å². The monoisotopic (exact) mass is 173 g/mol. The Labute approximate surface area is 77.7 Å². The number of nitrogens with two attached hydrogens (primary N) is 2. The summed E-state index contributed by atoms with van der Waals surface area (Å²) in [6, 6.07) is 0. The van der Waals surface area contributed by atoms with E-state index < -0.39 is 0 Å². The molecule has 0 aromatic rings. The van der Waals surface area contributed by atoms with Gasteiger partial charge in [0.15, 0.2) is 0 Å². The molecule has 1 aliphatic rings. The molecule has 0 aromatic carbocycles. The molecule has 4 N–H and O–H groups in total. The summed E-state index contributed by atoms with van der Waals surface area (Å²) in [5.74, 6) is 0. The zero-order valence-electron chi connectivity index (χ0n) is 8.68. The van der Waals surface area contributed by atoms with Gasteiger partial charge in [-0.1, -0.05) is 46.0 Å². The molecule has 0 unspecified atom stereocenters. The van der Waals surface area contributed by atoms with Crippen LogP contribution in [-0.4, -0.2) is 13.1 Å². The summed E-state index contributed by atoms with van der Waals surface area (Å²) in [7, 11) is 0. The van der Waals surface area contributed by atoms with E-state index in [1.807, 2.05) is 13.8 Å². The van der Waals surface area contributed by atoms with Gasteiger partial charge in [0.1, 0.15) is 0 Å². The molecule has 0 bridgehead atoms. The van der Waals surface area contributed by atoms with Gasteiger partial charge >= 0.3 is 0 Å². The zero-order valence-corrected chi connectivity index (χ0v) is 8.68. The lowest BCUT2D eigenvalue weighted by Crippen LogP contribution is -1.87. The van der Waals surface area contributed by atoms with Crippen LogP contribution in [-0.2, 0) is 0 Å². The fraction of sp³-hybridized carbons (Fsp3) is 0.900. The minimum atomic E-state index is 0.750. The third kappa shape index (κ3) is 22.5. The molecule has 0 spiro atoms. The average molecular weight is 173 g/mol. The molecule has 1 rings (SSSR count). The second-order valence-corrected chi connectivity index (χ2v) is 2.74. The van der Waals surface area contributed by atoms with E-state index in [2.05, 4.69) is 6.42 Å². The predicted molar refractivity (Wildman–Crippen MR) is 56.8 cm³/mol. The molecule has 0 aromatic heterocycles. The molecule has 0 aliphatic heterocycles. The first-order valence-corrected chi connectivity index (χ1v) is 5.05. The summed E-state index contributed by atoms with van der Waals surface area (Å²) in [6.45, 7) is 5.31. The Morgan fingerprint density at radius 3 is 1.33 bits per heavy atom. The molecule has 1 saturated carbocycles. The van der Waals surface area contributed by atoms with Crippen LogP contribution < -0.4 is 11.5 Å². The van der Waals surface area contributed by atoms with E-state index in [-0.39, 0.29) is 0 Å². The number of rotatable bonds is 0. The Bertz CT molecular complexity index is 38.3. The molecular weight excluding hydrogens is 148 g/mol. The summed E-state index contributed by atoms with van der Waals surface area (Å²) in [6.07, 6.45) is 9.50. The second-order valence-electron chi connectivity index (χ2n) is 2.74. The minimum Gasteiger partial charge on any atom is -0.331 e. The summed E-state index contributed by atoms with van der Waals surface area (Å²) in [5.41, 5.74) is 9.69. The Kier molecular flexibility index (Phi) is 20.6. The van der Waals surface area contributed by atoms with E-state index in [1.54, 1.807) is 0 Å². The van der Waals surface area contributed by atoms with Crippen molar-refractivity contribution >= 4 is 0 Å². The van der Waals surface area contributed by atoms with Gasteiger partial charge in [0.25, 0.3) is 0 Å². The molecule has 2 heteroatoms. The Balaban J connectivity index is 0. The molecular formula is C10H25N2. The van der Waals surface area contributed by atoms with E-state index >= 15 is 0 Å². The van der Waals surface area contributed by atoms with Gasteiger partial charge < -0.3 is 11.5 Å². The van der Waals surface area contributed by atoms with Crippen LogP contribution in [0.3, 0.4) is 0 Å². The number of hydrogen-bond acceptors (Lipinski definition) is 2. The van der Waals surface area contributed by atoms with Crippen LogP contribution in [0.4, 0.5) is 0 Å². The van der Waals surface area contributed by atoms with Crippen molar-refractivity contribution in [3.63, 3.8) is 0 Å². The highest BCUT2D eigenvalue weighted by molar-refractivity contribution is 4.69. The highest BCUT2D eigenvalue weighted by Gasteiger charge is 1.95. The van der Waals surface area contributed by atoms with Crippen LogP contribution in [0.25, 0.3) is 0 Å². The van der Waals surface area contributed by atoms with Crippen molar-refractivity contribution < 1.29 is 0 Å². The third-order valence-electron chi connectivity index (χ3n) is 1.32. The highest BCUT2D eigenvalue weighted by Crippen LogP contribution is 2.14. The van der Waals surface area contributed by atoms with E-state index in [4.69, 9.17) is 11.5 Å². The second kappa shape index (κ2) is 17.1. The fourth-order valence-corrected chi connectivity index (χ4v) is 0.898. The molecule has 1 aliphatic carbocycles. The smallest absolute Gasteiger partial charge is 0.0106 e. The van der Waals surface area contributed by atoms with Gasteiger partial charge in [-0.15, -0.1) is 0 Å². The van der Waals surface area contributed by atoms with E-state index in [0.717, 1.165) is 13.1 Å². The fourth-order valence-electron chi connectivity index (χ4n) is 0.898. The van der Waals surface area contributed by atoms with Crippen LogP contribution in [0.2, 0.25) is 0 Å². The normalized spacial score (nSPS) is 15.0. The molecule has 1 radical (unpaired) electrons.